The van der Waals surface area contributed by atoms with Crippen LogP contribution in [0.2, 0.25) is 0 Å². The fraction of sp³-hybridized carbons (Fsp3) is 0.933. The Balaban J connectivity index is 1.78. The number of hydrogen-bond acceptors (Lipinski definition) is 1. The zero-order chi connectivity index (χ0) is 12.8. The normalized spacial score (nSPS) is 24.2. The molecule has 0 amide bonds. The van der Waals surface area contributed by atoms with Crippen molar-refractivity contribution in [2.75, 3.05) is 13.6 Å². The van der Waals surface area contributed by atoms with Gasteiger partial charge in [-0.1, -0.05) is 38.5 Å². The van der Waals surface area contributed by atoms with Crippen LogP contribution in [0.4, 0.5) is 0 Å². The lowest BCUT2D eigenvalue weighted by Gasteiger charge is -2.28. The number of guanidine groups is 1. The molecular weight excluding hydrogens is 222 g/mol. The van der Waals surface area contributed by atoms with Crippen LogP contribution in [0.5, 0.6) is 0 Å². The van der Waals surface area contributed by atoms with Gasteiger partial charge in [0.2, 0.25) is 0 Å². The summed E-state index contributed by atoms with van der Waals surface area (Å²) in [5, 5.41) is 0. The van der Waals surface area contributed by atoms with Gasteiger partial charge in [-0.15, -0.1) is 0 Å². The molecule has 0 aromatic carbocycles. The van der Waals surface area contributed by atoms with Crippen LogP contribution in [-0.2, 0) is 0 Å². The topological polar surface area (TPSA) is 41.6 Å². The van der Waals surface area contributed by atoms with Crippen LogP contribution in [-0.4, -0.2) is 30.5 Å². The first-order valence-electron chi connectivity index (χ1n) is 7.80. The molecule has 2 aliphatic rings. The van der Waals surface area contributed by atoms with E-state index in [-0.39, 0.29) is 0 Å². The summed E-state index contributed by atoms with van der Waals surface area (Å²) in [6.07, 6.45) is 13.5. The molecule has 0 bridgehead atoms. The van der Waals surface area contributed by atoms with Crippen LogP contribution in [0, 0.1) is 5.92 Å². The molecule has 0 unspecified atom stereocenters. The van der Waals surface area contributed by atoms with Gasteiger partial charge in [0.1, 0.15) is 0 Å². The van der Waals surface area contributed by atoms with Crippen LogP contribution >= 0.6 is 0 Å². The predicted octanol–water partition coefficient (Wildman–Crippen LogP) is 3.15. The molecule has 2 aliphatic carbocycles. The molecule has 0 radical (unpaired) electrons. The van der Waals surface area contributed by atoms with E-state index in [0.717, 1.165) is 18.4 Å². The van der Waals surface area contributed by atoms with Crippen LogP contribution in [0.15, 0.2) is 4.99 Å². The van der Waals surface area contributed by atoms with E-state index in [0.29, 0.717) is 6.04 Å². The summed E-state index contributed by atoms with van der Waals surface area (Å²) in [5.74, 6) is 1.61. The van der Waals surface area contributed by atoms with E-state index in [9.17, 15) is 0 Å². The minimum atomic E-state index is 0.493. The molecule has 2 fully saturated rings. The van der Waals surface area contributed by atoms with Gasteiger partial charge < -0.3 is 10.6 Å². The lowest BCUT2D eigenvalue weighted by Crippen LogP contribution is -2.39. The largest absolute Gasteiger partial charge is 0.370 e. The molecule has 0 atom stereocenters. The monoisotopic (exact) mass is 251 g/mol. The predicted molar refractivity (Wildman–Crippen MR) is 77.7 cm³/mol. The molecule has 0 spiro atoms. The smallest absolute Gasteiger partial charge is 0.191 e. The van der Waals surface area contributed by atoms with Crippen molar-refractivity contribution < 1.29 is 0 Å². The van der Waals surface area contributed by atoms with Crippen molar-refractivity contribution in [3.8, 4) is 0 Å². The number of rotatable bonds is 3. The molecule has 0 saturated heterocycles. The maximum absolute atomic E-state index is 6.14. The quantitative estimate of drug-likeness (QED) is 0.618. The molecule has 3 heteroatoms. The third-order valence-electron chi connectivity index (χ3n) is 4.54. The summed E-state index contributed by atoms with van der Waals surface area (Å²) in [4.78, 5) is 6.91. The van der Waals surface area contributed by atoms with Crippen molar-refractivity contribution >= 4 is 5.96 Å². The SMILES string of the molecule is CN(CC1CCCCC1)C(N)=NC1CCCCC1. The van der Waals surface area contributed by atoms with Crippen LogP contribution in [0.25, 0.3) is 0 Å². The second-order valence-corrected chi connectivity index (χ2v) is 6.16. The summed E-state index contributed by atoms with van der Waals surface area (Å²) in [7, 11) is 2.11. The molecule has 0 aromatic heterocycles. The minimum Gasteiger partial charge on any atom is -0.370 e. The van der Waals surface area contributed by atoms with Gasteiger partial charge in [0.25, 0.3) is 0 Å². The third kappa shape index (κ3) is 4.18. The van der Waals surface area contributed by atoms with Crippen LogP contribution in [0.3, 0.4) is 0 Å². The Labute approximate surface area is 112 Å². The summed E-state index contributed by atoms with van der Waals surface area (Å²) in [6, 6.07) is 0.493. The summed E-state index contributed by atoms with van der Waals surface area (Å²) < 4.78 is 0. The van der Waals surface area contributed by atoms with Gasteiger partial charge in [0, 0.05) is 13.6 Å². The Morgan fingerprint density at radius 3 is 2.17 bits per heavy atom. The van der Waals surface area contributed by atoms with E-state index in [1.165, 1.54) is 64.2 Å². The second-order valence-electron chi connectivity index (χ2n) is 6.16. The van der Waals surface area contributed by atoms with Crippen LogP contribution in [0.1, 0.15) is 64.2 Å². The second kappa shape index (κ2) is 7.01. The van der Waals surface area contributed by atoms with Gasteiger partial charge in [-0.05, 0) is 31.6 Å². The van der Waals surface area contributed by atoms with Crippen molar-refractivity contribution in [3.05, 3.63) is 0 Å². The van der Waals surface area contributed by atoms with Crippen molar-refractivity contribution in [2.24, 2.45) is 16.6 Å². The number of aliphatic imine (C=N–C) groups is 1. The Kier molecular flexibility index (Phi) is 5.33. The first kappa shape index (κ1) is 13.7. The maximum Gasteiger partial charge on any atom is 0.191 e. The molecule has 0 heterocycles. The van der Waals surface area contributed by atoms with E-state index in [4.69, 9.17) is 10.7 Å². The van der Waals surface area contributed by atoms with Crippen molar-refractivity contribution in [1.29, 1.82) is 0 Å². The molecule has 3 nitrogen and oxygen atoms in total. The molecule has 2 saturated carbocycles. The first-order chi connectivity index (χ1) is 8.75. The molecule has 104 valence electrons. The van der Waals surface area contributed by atoms with E-state index in [2.05, 4.69) is 11.9 Å². The first-order valence-corrected chi connectivity index (χ1v) is 7.80. The Bertz CT molecular complexity index is 263. The highest BCUT2D eigenvalue weighted by atomic mass is 15.2. The summed E-state index contributed by atoms with van der Waals surface area (Å²) >= 11 is 0. The lowest BCUT2D eigenvalue weighted by molar-refractivity contribution is 0.293. The molecule has 2 rings (SSSR count). The Hall–Kier alpha value is -0.730. The van der Waals surface area contributed by atoms with Gasteiger partial charge in [-0.3, -0.25) is 0 Å². The highest BCUT2D eigenvalue weighted by Gasteiger charge is 2.17. The number of nitrogens with two attached hydrogens (primary N) is 1. The maximum atomic E-state index is 6.14. The minimum absolute atomic E-state index is 0.493. The zero-order valence-electron chi connectivity index (χ0n) is 11.9. The average Bonchev–Trinajstić information content (AvgIpc) is 2.41. The molecule has 18 heavy (non-hydrogen) atoms. The van der Waals surface area contributed by atoms with E-state index in [1.807, 2.05) is 0 Å². The highest BCUT2D eigenvalue weighted by Crippen LogP contribution is 2.24. The molecular formula is C15H29N3. The summed E-state index contributed by atoms with van der Waals surface area (Å²) in [5.41, 5.74) is 6.14. The number of hydrogen-bond donors (Lipinski definition) is 1. The molecule has 0 aliphatic heterocycles. The van der Waals surface area contributed by atoms with Gasteiger partial charge in [-0.25, -0.2) is 4.99 Å². The Morgan fingerprint density at radius 2 is 1.56 bits per heavy atom. The molecule has 0 aromatic rings. The van der Waals surface area contributed by atoms with E-state index < -0.39 is 0 Å². The highest BCUT2D eigenvalue weighted by molar-refractivity contribution is 5.78. The Morgan fingerprint density at radius 1 is 1.00 bits per heavy atom. The standard InChI is InChI=1S/C15H29N3/c1-18(12-13-8-4-2-5-9-13)15(16)17-14-10-6-3-7-11-14/h13-14H,2-12H2,1H3,(H2,16,17). The zero-order valence-corrected chi connectivity index (χ0v) is 11.9. The lowest BCUT2D eigenvalue weighted by atomic mass is 9.89. The summed E-state index contributed by atoms with van der Waals surface area (Å²) in [6.45, 7) is 1.10. The fourth-order valence-corrected chi connectivity index (χ4v) is 3.35. The van der Waals surface area contributed by atoms with Gasteiger partial charge in [-0.2, -0.15) is 0 Å². The van der Waals surface area contributed by atoms with Crippen molar-refractivity contribution in [2.45, 2.75) is 70.3 Å². The van der Waals surface area contributed by atoms with E-state index in [1.54, 1.807) is 0 Å². The van der Waals surface area contributed by atoms with Gasteiger partial charge in [0.05, 0.1) is 6.04 Å². The van der Waals surface area contributed by atoms with Crippen LogP contribution < -0.4 is 5.73 Å². The van der Waals surface area contributed by atoms with Gasteiger partial charge in [0.15, 0.2) is 5.96 Å². The molecule has 2 N–H and O–H groups in total. The third-order valence-corrected chi connectivity index (χ3v) is 4.54. The number of nitrogens with zero attached hydrogens (tertiary/aromatic N) is 2. The van der Waals surface area contributed by atoms with E-state index >= 15 is 0 Å². The average molecular weight is 251 g/mol. The fourth-order valence-electron chi connectivity index (χ4n) is 3.35. The van der Waals surface area contributed by atoms with Gasteiger partial charge >= 0.3 is 0 Å². The van der Waals surface area contributed by atoms with Crippen molar-refractivity contribution in [1.82, 2.24) is 4.90 Å². The van der Waals surface area contributed by atoms with Crippen molar-refractivity contribution in [3.63, 3.8) is 0 Å².